The van der Waals surface area contributed by atoms with Crippen molar-refractivity contribution in [2.24, 2.45) is 0 Å². The second-order valence-corrected chi connectivity index (χ2v) is 7.90. The quantitative estimate of drug-likeness (QED) is 0.538. The van der Waals surface area contributed by atoms with Crippen LogP contribution < -0.4 is 10.6 Å². The van der Waals surface area contributed by atoms with E-state index in [1.807, 2.05) is 0 Å². The van der Waals surface area contributed by atoms with Crippen LogP contribution in [0, 0.1) is 5.82 Å². The van der Waals surface area contributed by atoms with Gasteiger partial charge in [-0.1, -0.05) is 6.92 Å². The summed E-state index contributed by atoms with van der Waals surface area (Å²) in [5.74, 6) is -1.40. The Morgan fingerprint density at radius 1 is 1.06 bits per heavy atom. The van der Waals surface area contributed by atoms with Crippen molar-refractivity contribution in [3.63, 3.8) is 0 Å². The average molecular weight is 436 g/mol. The van der Waals surface area contributed by atoms with E-state index >= 15 is 0 Å². The first-order chi connectivity index (χ1) is 15.4. The molecule has 0 bridgehead atoms. The highest BCUT2D eigenvalue weighted by Crippen LogP contribution is 2.32. The van der Waals surface area contributed by atoms with Crippen molar-refractivity contribution in [1.82, 2.24) is 9.80 Å². The number of nitrogens with one attached hydrogen (secondary N) is 2. The molecule has 166 valence electrons. The fraction of sp³-hybridized carbons (Fsp3) is 0.292. The Bertz CT molecular complexity index is 1070. The molecule has 8 heteroatoms. The molecular weight excluding hydrogens is 411 g/mol. The molecule has 2 aliphatic rings. The van der Waals surface area contributed by atoms with Crippen LogP contribution in [0.2, 0.25) is 0 Å². The first kappa shape index (κ1) is 21.9. The van der Waals surface area contributed by atoms with Crippen molar-refractivity contribution >= 4 is 34.5 Å². The zero-order chi connectivity index (χ0) is 22.7. The molecule has 0 atom stereocenters. The maximum atomic E-state index is 13.6. The standard InChI is InChI=1S/C24H25FN4O3/c1-2-28-9-11-29(12-10-28)15-23(31)26-18-6-3-16(4-7-18)22(30)14-20-19-13-17(25)5-8-21(19)27-24(20)32/h3-8,13-14H,2,9-12,15H2,1H3,(H,26,31)(H,27,32)/b20-14-. The van der Waals surface area contributed by atoms with E-state index in [2.05, 4.69) is 27.4 Å². The Kier molecular flexibility index (Phi) is 6.43. The predicted octanol–water partition coefficient (Wildman–Crippen LogP) is 2.62. The minimum Gasteiger partial charge on any atom is -0.325 e. The lowest BCUT2D eigenvalue weighted by molar-refractivity contribution is -0.117. The highest BCUT2D eigenvalue weighted by atomic mass is 19.1. The molecule has 32 heavy (non-hydrogen) atoms. The molecule has 2 aliphatic heterocycles. The summed E-state index contributed by atoms with van der Waals surface area (Å²) in [6, 6.07) is 10.4. The third-order valence-corrected chi connectivity index (χ3v) is 5.77. The number of allylic oxidation sites excluding steroid dienone is 1. The van der Waals surface area contributed by atoms with Gasteiger partial charge in [-0.05, 0) is 55.1 Å². The number of carbonyl (C=O) groups is 3. The van der Waals surface area contributed by atoms with E-state index in [1.54, 1.807) is 24.3 Å². The normalized spacial score (nSPS) is 17.8. The largest absolute Gasteiger partial charge is 0.325 e. The third-order valence-electron chi connectivity index (χ3n) is 5.77. The number of carbonyl (C=O) groups excluding carboxylic acids is 3. The van der Waals surface area contributed by atoms with Crippen LogP contribution in [0.4, 0.5) is 15.8 Å². The fourth-order valence-corrected chi connectivity index (χ4v) is 3.90. The molecule has 0 aromatic heterocycles. The summed E-state index contributed by atoms with van der Waals surface area (Å²) in [6.07, 6.45) is 1.21. The molecule has 4 rings (SSSR count). The molecule has 0 unspecified atom stereocenters. The smallest absolute Gasteiger partial charge is 0.256 e. The number of fused-ring (bicyclic) bond motifs is 1. The van der Waals surface area contributed by atoms with Crippen LogP contribution in [0.5, 0.6) is 0 Å². The van der Waals surface area contributed by atoms with E-state index in [4.69, 9.17) is 0 Å². The van der Waals surface area contributed by atoms with Gasteiger partial charge in [0.2, 0.25) is 5.91 Å². The highest BCUT2D eigenvalue weighted by molar-refractivity contribution is 6.35. The van der Waals surface area contributed by atoms with Gasteiger partial charge in [-0.25, -0.2) is 4.39 Å². The van der Waals surface area contributed by atoms with Crippen LogP contribution in [0.25, 0.3) is 5.57 Å². The van der Waals surface area contributed by atoms with Crippen molar-refractivity contribution in [3.8, 4) is 0 Å². The Labute approximate surface area is 185 Å². The molecular formula is C24H25FN4O3. The fourth-order valence-electron chi connectivity index (χ4n) is 3.90. The molecule has 1 fully saturated rings. The minimum atomic E-state index is -0.481. The number of halogens is 1. The molecule has 2 amide bonds. The van der Waals surface area contributed by atoms with Crippen LogP contribution in [0.15, 0.2) is 48.5 Å². The van der Waals surface area contributed by atoms with Gasteiger partial charge in [0.15, 0.2) is 5.78 Å². The van der Waals surface area contributed by atoms with Gasteiger partial charge in [-0.3, -0.25) is 19.3 Å². The molecule has 1 saturated heterocycles. The molecule has 0 spiro atoms. The van der Waals surface area contributed by atoms with Gasteiger partial charge in [0, 0.05) is 48.7 Å². The number of amides is 2. The molecule has 0 saturated carbocycles. The topological polar surface area (TPSA) is 81.8 Å². The van der Waals surface area contributed by atoms with Crippen molar-refractivity contribution in [3.05, 3.63) is 65.5 Å². The summed E-state index contributed by atoms with van der Waals surface area (Å²) in [5, 5.41) is 5.47. The minimum absolute atomic E-state index is 0.0996. The number of anilines is 2. The van der Waals surface area contributed by atoms with E-state index in [9.17, 15) is 18.8 Å². The molecule has 2 N–H and O–H groups in total. The summed E-state index contributed by atoms with van der Waals surface area (Å²) < 4.78 is 13.6. The Morgan fingerprint density at radius 2 is 1.75 bits per heavy atom. The Balaban J connectivity index is 1.37. The SMILES string of the molecule is CCN1CCN(CC(=O)Nc2ccc(C(=O)/C=C3\C(=O)Nc4ccc(F)cc43)cc2)CC1. The van der Waals surface area contributed by atoms with E-state index in [0.717, 1.165) is 32.7 Å². The monoisotopic (exact) mass is 436 g/mol. The third kappa shape index (κ3) is 4.92. The zero-order valence-electron chi connectivity index (χ0n) is 17.9. The lowest BCUT2D eigenvalue weighted by atomic mass is 10.0. The number of rotatable bonds is 6. The number of likely N-dealkylation sites (N-methyl/N-ethyl adjacent to an activating group) is 1. The lowest BCUT2D eigenvalue weighted by Gasteiger charge is -2.33. The second-order valence-electron chi connectivity index (χ2n) is 7.90. The van der Waals surface area contributed by atoms with E-state index in [-0.39, 0.29) is 17.3 Å². The number of hydrogen-bond donors (Lipinski definition) is 2. The molecule has 0 aliphatic carbocycles. The van der Waals surface area contributed by atoms with Gasteiger partial charge in [-0.2, -0.15) is 0 Å². The van der Waals surface area contributed by atoms with Gasteiger partial charge in [0.05, 0.1) is 12.1 Å². The maximum Gasteiger partial charge on any atom is 0.256 e. The summed E-state index contributed by atoms with van der Waals surface area (Å²) in [6.45, 7) is 7.14. The summed E-state index contributed by atoms with van der Waals surface area (Å²) in [5.41, 5.74) is 1.93. The summed E-state index contributed by atoms with van der Waals surface area (Å²) in [4.78, 5) is 41.6. The zero-order valence-corrected chi connectivity index (χ0v) is 17.9. The lowest BCUT2D eigenvalue weighted by Crippen LogP contribution is -2.48. The number of piperazine rings is 1. The highest BCUT2D eigenvalue weighted by Gasteiger charge is 2.25. The van der Waals surface area contributed by atoms with Crippen molar-refractivity contribution in [2.75, 3.05) is 49.9 Å². The van der Waals surface area contributed by atoms with Gasteiger partial charge in [-0.15, -0.1) is 0 Å². The first-order valence-electron chi connectivity index (χ1n) is 10.6. The molecule has 7 nitrogen and oxygen atoms in total. The average Bonchev–Trinajstić information content (AvgIpc) is 3.09. The van der Waals surface area contributed by atoms with Crippen LogP contribution in [0.1, 0.15) is 22.8 Å². The van der Waals surface area contributed by atoms with Crippen LogP contribution in [-0.4, -0.2) is 66.7 Å². The Hall–Kier alpha value is -3.36. The number of hydrogen-bond acceptors (Lipinski definition) is 5. The molecule has 2 aromatic rings. The van der Waals surface area contributed by atoms with Crippen LogP contribution in [0.3, 0.4) is 0 Å². The molecule has 0 radical (unpaired) electrons. The maximum absolute atomic E-state index is 13.6. The van der Waals surface area contributed by atoms with E-state index in [0.29, 0.717) is 29.0 Å². The number of ketones is 1. The molecule has 2 aromatic carbocycles. The summed E-state index contributed by atoms with van der Waals surface area (Å²) in [7, 11) is 0. The number of nitrogens with zero attached hydrogens (tertiary/aromatic N) is 2. The number of benzene rings is 2. The van der Waals surface area contributed by atoms with Gasteiger partial charge in [0.1, 0.15) is 5.82 Å². The summed E-state index contributed by atoms with van der Waals surface area (Å²) >= 11 is 0. The van der Waals surface area contributed by atoms with E-state index < -0.39 is 11.7 Å². The first-order valence-corrected chi connectivity index (χ1v) is 10.6. The van der Waals surface area contributed by atoms with Gasteiger partial charge >= 0.3 is 0 Å². The van der Waals surface area contributed by atoms with Crippen LogP contribution >= 0.6 is 0 Å². The second kappa shape index (κ2) is 9.42. The van der Waals surface area contributed by atoms with Gasteiger partial charge < -0.3 is 15.5 Å². The van der Waals surface area contributed by atoms with Crippen molar-refractivity contribution in [2.45, 2.75) is 6.92 Å². The predicted molar refractivity (Wildman–Crippen MR) is 121 cm³/mol. The Morgan fingerprint density at radius 3 is 2.44 bits per heavy atom. The van der Waals surface area contributed by atoms with Crippen molar-refractivity contribution in [1.29, 1.82) is 0 Å². The van der Waals surface area contributed by atoms with Gasteiger partial charge in [0.25, 0.3) is 5.91 Å². The van der Waals surface area contributed by atoms with E-state index in [1.165, 1.54) is 24.3 Å². The van der Waals surface area contributed by atoms with Crippen LogP contribution in [-0.2, 0) is 9.59 Å². The van der Waals surface area contributed by atoms with Crippen molar-refractivity contribution < 1.29 is 18.8 Å². The molecule has 2 heterocycles.